The number of rotatable bonds is 13. The predicted octanol–water partition coefficient (Wildman–Crippen LogP) is 4.98. The highest BCUT2D eigenvalue weighted by Crippen LogP contribution is 2.45. The van der Waals surface area contributed by atoms with Gasteiger partial charge in [-0.25, -0.2) is 33.6 Å². The molecule has 0 bridgehead atoms. The largest absolute Gasteiger partial charge is 0.508 e. The van der Waals surface area contributed by atoms with E-state index in [1.165, 1.54) is 6.92 Å². The van der Waals surface area contributed by atoms with Crippen LogP contribution in [0, 0.1) is 6.92 Å². The lowest BCUT2D eigenvalue weighted by Gasteiger charge is -2.14. The first-order chi connectivity index (χ1) is 37.1. The normalized spacial score (nSPS) is 10.7. The van der Waals surface area contributed by atoms with Crippen LogP contribution in [0.4, 0.5) is 0 Å². The van der Waals surface area contributed by atoms with Gasteiger partial charge in [-0.1, -0.05) is 0 Å². The van der Waals surface area contributed by atoms with Crippen LogP contribution in [0.2, 0.25) is 0 Å². The van der Waals surface area contributed by atoms with Gasteiger partial charge in [0.2, 0.25) is 34.5 Å². The molecule has 0 spiro atoms. The van der Waals surface area contributed by atoms with Gasteiger partial charge in [-0.3, -0.25) is 0 Å². The molecule has 406 valence electrons. The summed E-state index contributed by atoms with van der Waals surface area (Å²) in [6.07, 6.45) is 0. The van der Waals surface area contributed by atoms with Crippen LogP contribution in [-0.4, -0.2) is 120 Å². The van der Waals surface area contributed by atoms with Crippen LogP contribution in [0.3, 0.4) is 0 Å². The third-order valence-electron chi connectivity index (χ3n) is 10.7. The molecule has 7 aromatic rings. The molecular formula is C51H34O28. The van der Waals surface area contributed by atoms with Crippen molar-refractivity contribution in [3.63, 3.8) is 0 Å². The molecule has 7 rings (SSSR count). The van der Waals surface area contributed by atoms with Crippen molar-refractivity contribution in [1.29, 1.82) is 0 Å². The quantitative estimate of drug-likeness (QED) is 0.0411. The second-order valence-electron chi connectivity index (χ2n) is 16.0. The molecular weight excluding hydrogens is 1060 g/mol. The zero-order valence-corrected chi connectivity index (χ0v) is 39.6. The SMILES string of the molecule is COC(=O)c1cc(O)c(O)c(OC(=O)c2cc(O)c(O)c(OC(=O)c3cc(O)c(O)c(OC(=O)c4cc(O)c(O)c(OC(=O)c5cc(O)c(O)c(OC(=O)c6cc(O)c(O)c(OC(=O)c7cc(O)c(C)c(O)c7)c6)c5)c4)c3)c2)c1. The van der Waals surface area contributed by atoms with Crippen LogP contribution in [0.15, 0.2) is 84.9 Å². The third-order valence-corrected chi connectivity index (χ3v) is 10.7. The Kier molecular flexibility index (Phi) is 14.9. The lowest BCUT2D eigenvalue weighted by Crippen LogP contribution is -2.14. The van der Waals surface area contributed by atoms with E-state index in [4.69, 9.17) is 28.4 Å². The minimum atomic E-state index is -1.58. The Bertz CT molecular complexity index is 3740. The summed E-state index contributed by atoms with van der Waals surface area (Å²) in [6, 6.07) is 9.39. The maximum atomic E-state index is 13.4. The Hall–Kier alpha value is -12.0. The molecule has 0 radical (unpaired) electrons. The van der Waals surface area contributed by atoms with E-state index in [1.807, 2.05) is 0 Å². The van der Waals surface area contributed by atoms with Gasteiger partial charge in [0.1, 0.15) is 11.5 Å². The maximum absolute atomic E-state index is 13.4. The van der Waals surface area contributed by atoms with E-state index in [9.17, 15) is 105 Å². The van der Waals surface area contributed by atoms with Crippen LogP contribution in [-0.2, 0) is 4.74 Å². The van der Waals surface area contributed by atoms with Crippen molar-refractivity contribution in [2.75, 3.05) is 7.11 Å². The minimum absolute atomic E-state index is 0.0108. The predicted molar refractivity (Wildman–Crippen MR) is 254 cm³/mol. The van der Waals surface area contributed by atoms with Crippen molar-refractivity contribution in [1.82, 2.24) is 0 Å². The number of esters is 7. The van der Waals surface area contributed by atoms with Gasteiger partial charge in [0.25, 0.3) is 0 Å². The minimum Gasteiger partial charge on any atom is -0.508 e. The first-order valence-electron chi connectivity index (χ1n) is 21.5. The van der Waals surface area contributed by atoms with Crippen molar-refractivity contribution in [2.45, 2.75) is 6.92 Å². The molecule has 79 heavy (non-hydrogen) atoms. The van der Waals surface area contributed by atoms with E-state index in [0.29, 0.717) is 60.7 Å². The number of hydrogen-bond acceptors (Lipinski definition) is 28. The number of benzene rings is 7. The zero-order valence-electron chi connectivity index (χ0n) is 39.6. The van der Waals surface area contributed by atoms with Gasteiger partial charge in [-0.2, -0.15) is 0 Å². The molecule has 28 heteroatoms. The average molecular weight is 1090 g/mol. The number of phenols is 14. The molecule has 0 saturated carbocycles. The van der Waals surface area contributed by atoms with E-state index >= 15 is 0 Å². The molecule has 0 aliphatic carbocycles. The molecule has 0 aliphatic rings. The topological polar surface area (TPSA) is 467 Å². The Balaban J connectivity index is 1.07. The smallest absolute Gasteiger partial charge is 0.343 e. The highest BCUT2D eigenvalue weighted by atomic mass is 16.6. The number of aromatic hydroxyl groups is 14. The van der Waals surface area contributed by atoms with Gasteiger partial charge < -0.3 is 105 Å². The summed E-state index contributed by atoms with van der Waals surface area (Å²) in [5.74, 6) is -29.9. The fourth-order valence-electron chi connectivity index (χ4n) is 6.61. The van der Waals surface area contributed by atoms with Crippen molar-refractivity contribution in [3.05, 3.63) is 129 Å². The van der Waals surface area contributed by atoms with E-state index < -0.39 is 190 Å². The molecule has 0 saturated heterocycles. The van der Waals surface area contributed by atoms with Gasteiger partial charge in [0.05, 0.1) is 46.1 Å². The number of hydrogen-bond donors (Lipinski definition) is 14. The highest BCUT2D eigenvalue weighted by molar-refractivity contribution is 6.00. The summed E-state index contributed by atoms with van der Waals surface area (Å²) >= 11 is 0. The lowest BCUT2D eigenvalue weighted by atomic mass is 10.1. The Labute approximate surface area is 437 Å². The molecule has 0 atom stereocenters. The standard InChI is InChI=1S/C51H34O28/c1-17-25(52)3-18(4-26(17)53)46(67)74-34-12-20(6-28(55)40(34)61)48(69)76-36-14-22(8-30(57)42(36)63)50(71)78-38-16-24(10-32(59)44(38)65)51(72)79-37-15-23(9-31(58)43(37)64)49(70)77-35-13-21(7-29(56)41(35)62)47(68)75-33-11-19(45(66)73-2)5-27(54)39(33)60/h3-16,52-65H,1-2H3. The molecule has 0 unspecified atom stereocenters. The number of carbonyl (C=O) groups is 7. The third kappa shape index (κ3) is 11.4. The van der Waals surface area contributed by atoms with Crippen molar-refractivity contribution in [3.8, 4) is 115 Å². The summed E-state index contributed by atoms with van der Waals surface area (Å²) in [5, 5.41) is 145. The summed E-state index contributed by atoms with van der Waals surface area (Å²) in [4.78, 5) is 91.1. The van der Waals surface area contributed by atoms with Crippen LogP contribution in [0.25, 0.3) is 0 Å². The second kappa shape index (κ2) is 21.5. The molecule has 14 N–H and O–H groups in total. The number of ether oxygens (including phenoxy) is 7. The van der Waals surface area contributed by atoms with Crippen LogP contribution in [0.1, 0.15) is 78.1 Å². The van der Waals surface area contributed by atoms with Gasteiger partial charge in [0.15, 0.2) is 69.0 Å². The van der Waals surface area contributed by atoms with E-state index in [2.05, 4.69) is 4.74 Å². The van der Waals surface area contributed by atoms with Gasteiger partial charge in [-0.05, 0) is 91.9 Å². The van der Waals surface area contributed by atoms with Crippen LogP contribution in [0.5, 0.6) is 115 Å². The first kappa shape index (κ1) is 54.8. The number of phenolic OH excluding ortho intramolecular Hbond substituents is 14. The van der Waals surface area contributed by atoms with E-state index in [0.717, 1.165) is 31.4 Å². The van der Waals surface area contributed by atoms with E-state index in [1.54, 1.807) is 0 Å². The second-order valence-corrected chi connectivity index (χ2v) is 16.0. The van der Waals surface area contributed by atoms with Crippen LogP contribution < -0.4 is 28.4 Å². The Morgan fingerprint density at radius 1 is 0.253 bits per heavy atom. The average Bonchev–Trinajstić information content (AvgIpc) is 3.40. The number of methoxy groups -OCH3 is 1. The van der Waals surface area contributed by atoms with Crippen molar-refractivity contribution in [2.24, 2.45) is 0 Å². The molecule has 0 amide bonds. The monoisotopic (exact) mass is 1090 g/mol. The molecule has 0 heterocycles. The Morgan fingerprint density at radius 2 is 0.405 bits per heavy atom. The van der Waals surface area contributed by atoms with Crippen molar-refractivity contribution < 1.29 is 138 Å². The molecule has 28 nitrogen and oxygen atoms in total. The fraction of sp³-hybridized carbons (Fsp3) is 0.0392. The maximum Gasteiger partial charge on any atom is 0.343 e. The van der Waals surface area contributed by atoms with Crippen molar-refractivity contribution >= 4 is 41.8 Å². The lowest BCUT2D eigenvalue weighted by molar-refractivity contribution is 0.0595. The first-order valence-corrected chi connectivity index (χ1v) is 21.5. The highest BCUT2D eigenvalue weighted by Gasteiger charge is 2.28. The Morgan fingerprint density at radius 3 is 0.582 bits per heavy atom. The molecule has 0 aromatic heterocycles. The zero-order chi connectivity index (χ0) is 58.1. The summed E-state index contributed by atoms with van der Waals surface area (Å²) in [7, 11) is 0.996. The number of carbonyl (C=O) groups excluding carboxylic acids is 7. The summed E-state index contributed by atoms with van der Waals surface area (Å²) in [6.45, 7) is 1.33. The van der Waals surface area contributed by atoms with E-state index in [-0.39, 0.29) is 11.1 Å². The molecule has 0 fully saturated rings. The van der Waals surface area contributed by atoms with Gasteiger partial charge in [-0.15, -0.1) is 0 Å². The molecule has 0 aliphatic heterocycles. The fourth-order valence-corrected chi connectivity index (χ4v) is 6.61. The summed E-state index contributed by atoms with van der Waals surface area (Å²) < 4.78 is 34.9. The van der Waals surface area contributed by atoms with Crippen LogP contribution >= 0.6 is 0 Å². The summed E-state index contributed by atoms with van der Waals surface area (Å²) in [5.41, 5.74) is -4.52. The van der Waals surface area contributed by atoms with Gasteiger partial charge in [0, 0.05) is 5.56 Å². The molecule has 7 aromatic carbocycles. The van der Waals surface area contributed by atoms with Gasteiger partial charge >= 0.3 is 41.8 Å².